The molecule has 0 bridgehead atoms. The molecule has 0 aromatic carbocycles. The summed E-state index contributed by atoms with van der Waals surface area (Å²) < 4.78 is 5.22. The zero-order valence-corrected chi connectivity index (χ0v) is 12.8. The van der Waals surface area contributed by atoms with Crippen molar-refractivity contribution in [3.63, 3.8) is 0 Å². The number of nitrogens with two attached hydrogens (primary N) is 1. The van der Waals surface area contributed by atoms with Gasteiger partial charge in [-0.15, -0.1) is 0 Å². The number of methoxy groups -OCH3 is 1. The van der Waals surface area contributed by atoms with Crippen LogP contribution < -0.4 is 5.73 Å². The van der Waals surface area contributed by atoms with Crippen LogP contribution in [0.3, 0.4) is 0 Å². The van der Waals surface area contributed by atoms with E-state index in [4.69, 9.17) is 22.7 Å². The van der Waals surface area contributed by atoms with Gasteiger partial charge in [-0.2, -0.15) is 0 Å². The molecule has 0 heterocycles. The van der Waals surface area contributed by atoms with Gasteiger partial charge in [0.2, 0.25) is 0 Å². The molecule has 18 heavy (non-hydrogen) atoms. The highest BCUT2D eigenvalue weighted by Gasteiger charge is 2.28. The summed E-state index contributed by atoms with van der Waals surface area (Å²) >= 11 is 4.99. The maximum absolute atomic E-state index is 5.63. The predicted molar refractivity (Wildman–Crippen MR) is 80.8 cm³/mol. The van der Waals surface area contributed by atoms with Crippen molar-refractivity contribution in [1.82, 2.24) is 4.90 Å². The lowest BCUT2D eigenvalue weighted by molar-refractivity contribution is 0.0792. The van der Waals surface area contributed by atoms with E-state index in [1.54, 1.807) is 7.11 Å². The fourth-order valence-corrected chi connectivity index (χ4v) is 3.23. The van der Waals surface area contributed by atoms with Crippen molar-refractivity contribution in [1.29, 1.82) is 0 Å². The Balaban J connectivity index is 2.53. The standard InChI is InChI=1S/C14H28N2OS/c1-11-8-12(2)10-13(9-11)16(6-7-17-3)5-4-14(15)18/h11-13H,4-10H2,1-3H3,(H2,15,18). The Morgan fingerprint density at radius 1 is 1.22 bits per heavy atom. The van der Waals surface area contributed by atoms with Crippen LogP contribution in [0.2, 0.25) is 0 Å². The molecule has 1 fully saturated rings. The first-order chi connectivity index (χ1) is 8.52. The Hall–Kier alpha value is -0.190. The molecule has 0 aromatic heterocycles. The molecule has 2 N–H and O–H groups in total. The molecular formula is C14H28N2OS. The number of hydrogen-bond donors (Lipinski definition) is 1. The summed E-state index contributed by atoms with van der Waals surface area (Å²) in [6.07, 6.45) is 4.78. The normalized spacial score (nSPS) is 28.6. The molecule has 0 radical (unpaired) electrons. The molecule has 1 saturated carbocycles. The quantitative estimate of drug-likeness (QED) is 0.723. The molecule has 4 heteroatoms. The van der Waals surface area contributed by atoms with Crippen LogP contribution in [0.1, 0.15) is 39.5 Å². The Labute approximate surface area is 117 Å². The first-order valence-electron chi connectivity index (χ1n) is 7.04. The van der Waals surface area contributed by atoms with Crippen molar-refractivity contribution in [2.45, 2.75) is 45.6 Å². The molecule has 3 nitrogen and oxygen atoms in total. The summed E-state index contributed by atoms with van der Waals surface area (Å²) in [7, 11) is 1.76. The number of ether oxygens (including phenoxy) is 1. The topological polar surface area (TPSA) is 38.5 Å². The van der Waals surface area contributed by atoms with Crippen LogP contribution in [0.5, 0.6) is 0 Å². The van der Waals surface area contributed by atoms with Crippen LogP contribution >= 0.6 is 12.2 Å². The molecule has 2 atom stereocenters. The summed E-state index contributed by atoms with van der Waals surface area (Å²) in [5.41, 5.74) is 5.63. The smallest absolute Gasteiger partial charge is 0.0740 e. The van der Waals surface area contributed by atoms with Crippen molar-refractivity contribution in [3.8, 4) is 0 Å². The van der Waals surface area contributed by atoms with Gasteiger partial charge in [-0.05, 0) is 31.1 Å². The zero-order valence-electron chi connectivity index (χ0n) is 12.0. The minimum Gasteiger partial charge on any atom is -0.393 e. The second-order valence-electron chi connectivity index (χ2n) is 5.82. The monoisotopic (exact) mass is 272 g/mol. The van der Waals surface area contributed by atoms with Gasteiger partial charge >= 0.3 is 0 Å². The van der Waals surface area contributed by atoms with Crippen LogP contribution in [0.15, 0.2) is 0 Å². The SMILES string of the molecule is COCCN(CCC(N)=S)C1CC(C)CC(C)C1. The lowest BCUT2D eigenvalue weighted by atomic mass is 9.80. The van der Waals surface area contributed by atoms with Crippen LogP contribution in [0.25, 0.3) is 0 Å². The summed E-state index contributed by atoms with van der Waals surface area (Å²) in [5, 5.41) is 0. The van der Waals surface area contributed by atoms with Gasteiger partial charge < -0.3 is 10.5 Å². The number of rotatable bonds is 7. The molecule has 0 amide bonds. The van der Waals surface area contributed by atoms with Crippen LogP contribution in [-0.4, -0.2) is 42.7 Å². The Morgan fingerprint density at radius 3 is 2.33 bits per heavy atom. The minimum atomic E-state index is 0.620. The third-order valence-electron chi connectivity index (χ3n) is 3.90. The first-order valence-corrected chi connectivity index (χ1v) is 7.45. The second kappa shape index (κ2) is 8.08. The largest absolute Gasteiger partial charge is 0.393 e. The van der Waals surface area contributed by atoms with Gasteiger partial charge in [0, 0.05) is 32.7 Å². The molecule has 2 unspecified atom stereocenters. The minimum absolute atomic E-state index is 0.620. The Bertz CT molecular complexity index is 250. The average molecular weight is 272 g/mol. The Kier molecular flexibility index (Phi) is 7.12. The fraction of sp³-hybridized carbons (Fsp3) is 0.929. The molecular weight excluding hydrogens is 244 g/mol. The maximum Gasteiger partial charge on any atom is 0.0740 e. The molecule has 0 saturated heterocycles. The molecule has 0 aromatic rings. The summed E-state index contributed by atoms with van der Waals surface area (Å²) in [5.74, 6) is 1.65. The highest BCUT2D eigenvalue weighted by Crippen LogP contribution is 2.31. The molecule has 0 spiro atoms. The van der Waals surface area contributed by atoms with E-state index in [0.29, 0.717) is 11.0 Å². The fourth-order valence-electron chi connectivity index (χ4n) is 3.14. The molecule has 106 valence electrons. The summed E-state index contributed by atoms with van der Waals surface area (Å²) in [6, 6.07) is 0.674. The van der Waals surface area contributed by atoms with E-state index < -0.39 is 0 Å². The van der Waals surface area contributed by atoms with Crippen LogP contribution in [0, 0.1) is 11.8 Å². The van der Waals surface area contributed by atoms with Crippen molar-refractivity contribution in [3.05, 3.63) is 0 Å². The average Bonchev–Trinajstić information content (AvgIpc) is 2.27. The third kappa shape index (κ3) is 5.63. The zero-order chi connectivity index (χ0) is 13.5. The van der Waals surface area contributed by atoms with Crippen LogP contribution in [-0.2, 0) is 4.74 Å². The Morgan fingerprint density at radius 2 is 1.83 bits per heavy atom. The van der Waals surface area contributed by atoms with Gasteiger partial charge in [-0.3, -0.25) is 4.90 Å². The first kappa shape index (κ1) is 15.9. The van der Waals surface area contributed by atoms with Crippen molar-refractivity contribution in [2.75, 3.05) is 26.8 Å². The van der Waals surface area contributed by atoms with Gasteiger partial charge in [0.1, 0.15) is 0 Å². The van der Waals surface area contributed by atoms with Crippen molar-refractivity contribution < 1.29 is 4.74 Å². The van der Waals surface area contributed by atoms with Crippen molar-refractivity contribution >= 4 is 17.2 Å². The molecule has 1 aliphatic rings. The number of thiocarbonyl (C=S) groups is 1. The van der Waals surface area contributed by atoms with E-state index >= 15 is 0 Å². The van der Waals surface area contributed by atoms with Gasteiger partial charge in [-0.25, -0.2) is 0 Å². The lowest BCUT2D eigenvalue weighted by Crippen LogP contribution is -2.43. The second-order valence-corrected chi connectivity index (χ2v) is 6.34. The van der Waals surface area contributed by atoms with E-state index in [9.17, 15) is 0 Å². The number of hydrogen-bond acceptors (Lipinski definition) is 3. The van der Waals surface area contributed by atoms with E-state index in [0.717, 1.165) is 38.0 Å². The van der Waals surface area contributed by atoms with E-state index in [-0.39, 0.29) is 0 Å². The van der Waals surface area contributed by atoms with E-state index in [2.05, 4.69) is 18.7 Å². The lowest BCUT2D eigenvalue weighted by Gasteiger charge is -2.39. The molecule has 1 rings (SSSR count). The molecule has 1 aliphatic carbocycles. The van der Waals surface area contributed by atoms with E-state index in [1.165, 1.54) is 19.3 Å². The molecule has 0 aliphatic heterocycles. The summed E-state index contributed by atoms with van der Waals surface area (Å²) in [4.78, 5) is 3.14. The van der Waals surface area contributed by atoms with Gasteiger partial charge in [0.25, 0.3) is 0 Å². The van der Waals surface area contributed by atoms with Gasteiger partial charge in [-0.1, -0.05) is 26.1 Å². The highest BCUT2D eigenvalue weighted by molar-refractivity contribution is 7.80. The third-order valence-corrected chi connectivity index (χ3v) is 4.10. The van der Waals surface area contributed by atoms with Gasteiger partial charge in [0.05, 0.1) is 11.6 Å². The van der Waals surface area contributed by atoms with Gasteiger partial charge in [0.15, 0.2) is 0 Å². The highest BCUT2D eigenvalue weighted by atomic mass is 32.1. The predicted octanol–water partition coefficient (Wildman–Crippen LogP) is 2.44. The van der Waals surface area contributed by atoms with E-state index in [1.807, 2.05) is 0 Å². The van der Waals surface area contributed by atoms with Crippen molar-refractivity contribution in [2.24, 2.45) is 17.6 Å². The number of nitrogens with zero attached hydrogens (tertiary/aromatic N) is 1. The van der Waals surface area contributed by atoms with Crippen LogP contribution in [0.4, 0.5) is 0 Å². The maximum atomic E-state index is 5.63. The summed E-state index contributed by atoms with van der Waals surface area (Å²) in [6.45, 7) is 7.48.